The van der Waals surface area contributed by atoms with Gasteiger partial charge in [0.15, 0.2) is 11.2 Å². The van der Waals surface area contributed by atoms with E-state index < -0.39 is 0 Å². The number of benzene rings is 1. The van der Waals surface area contributed by atoms with Crippen LogP contribution in [0.4, 0.5) is 5.13 Å². The lowest BCUT2D eigenvalue weighted by atomic mass is 10.0. The van der Waals surface area contributed by atoms with E-state index >= 15 is 0 Å². The van der Waals surface area contributed by atoms with E-state index in [4.69, 9.17) is 9.25 Å². The fourth-order valence-corrected chi connectivity index (χ4v) is 3.57. The van der Waals surface area contributed by atoms with Crippen molar-refractivity contribution in [3.63, 3.8) is 0 Å². The molecule has 7 heteroatoms. The summed E-state index contributed by atoms with van der Waals surface area (Å²) in [6.45, 7) is 3.79. The van der Waals surface area contributed by atoms with Gasteiger partial charge in [0.2, 0.25) is 0 Å². The van der Waals surface area contributed by atoms with Crippen molar-refractivity contribution in [3.8, 4) is 11.3 Å². The van der Waals surface area contributed by atoms with E-state index in [1.54, 1.807) is 0 Å². The summed E-state index contributed by atoms with van der Waals surface area (Å²) in [5.41, 5.74) is 3.09. The number of furan rings is 1. The van der Waals surface area contributed by atoms with Crippen LogP contribution in [0.5, 0.6) is 0 Å². The highest BCUT2D eigenvalue weighted by molar-refractivity contribution is 7.14. The van der Waals surface area contributed by atoms with Crippen molar-refractivity contribution in [1.82, 2.24) is 4.98 Å². The number of hydrogen-bond acceptors (Lipinski definition) is 6. The number of rotatable bonds is 4. The number of amides is 1. The summed E-state index contributed by atoms with van der Waals surface area (Å²) in [5.74, 6) is 1.36. The molecule has 4 rings (SSSR count). The molecule has 0 bridgehead atoms. The number of hydrogen-bond donors (Lipinski definition) is 1. The molecule has 1 aliphatic heterocycles. The van der Waals surface area contributed by atoms with E-state index in [-0.39, 0.29) is 12.0 Å². The number of oxime groups is 1. The van der Waals surface area contributed by atoms with Gasteiger partial charge in [0.05, 0.1) is 5.69 Å². The molecule has 0 spiro atoms. The summed E-state index contributed by atoms with van der Waals surface area (Å²) in [4.78, 5) is 22.3. The zero-order valence-corrected chi connectivity index (χ0v) is 15.2. The van der Waals surface area contributed by atoms with Gasteiger partial charge in [-0.25, -0.2) is 4.98 Å². The molecule has 1 unspecified atom stereocenters. The first-order valence-corrected chi connectivity index (χ1v) is 9.10. The van der Waals surface area contributed by atoms with Crippen LogP contribution in [0.25, 0.3) is 11.3 Å². The van der Waals surface area contributed by atoms with Crippen LogP contribution in [0.2, 0.25) is 0 Å². The summed E-state index contributed by atoms with van der Waals surface area (Å²) in [5, 5.41) is 9.16. The van der Waals surface area contributed by atoms with E-state index in [9.17, 15) is 4.79 Å². The minimum Gasteiger partial charge on any atom is -0.466 e. The Bertz CT molecular complexity index is 975. The fourth-order valence-electron chi connectivity index (χ4n) is 2.87. The SMILES string of the molecule is Cc1cc(-c2csc(NC(=O)C3=NOC(c4ccccc4)C3)n2)c(C)o1. The Morgan fingerprint density at radius 2 is 2.08 bits per heavy atom. The topological polar surface area (TPSA) is 76.7 Å². The molecule has 1 aliphatic rings. The maximum absolute atomic E-state index is 12.4. The fraction of sp³-hybridized carbons (Fsp3) is 0.211. The summed E-state index contributed by atoms with van der Waals surface area (Å²) in [6.07, 6.45) is 0.217. The Kier molecular flexibility index (Phi) is 4.30. The lowest BCUT2D eigenvalue weighted by Crippen LogP contribution is -2.21. The number of thiazole rings is 1. The third-order valence-electron chi connectivity index (χ3n) is 4.14. The first-order chi connectivity index (χ1) is 12.6. The van der Waals surface area contributed by atoms with Crippen molar-refractivity contribution in [3.05, 3.63) is 58.9 Å². The highest BCUT2D eigenvalue weighted by atomic mass is 32.1. The average Bonchev–Trinajstić information content (AvgIpc) is 3.35. The van der Waals surface area contributed by atoms with Gasteiger partial charge in [-0.3, -0.25) is 10.1 Å². The van der Waals surface area contributed by atoms with E-state index in [0.717, 1.165) is 28.3 Å². The van der Waals surface area contributed by atoms with Crippen molar-refractivity contribution in [2.45, 2.75) is 26.4 Å². The molecular formula is C19H17N3O3S. The van der Waals surface area contributed by atoms with Crippen molar-refractivity contribution in [2.75, 3.05) is 5.32 Å². The smallest absolute Gasteiger partial charge is 0.275 e. The van der Waals surface area contributed by atoms with Gasteiger partial charge in [0, 0.05) is 17.4 Å². The zero-order chi connectivity index (χ0) is 18.1. The van der Waals surface area contributed by atoms with Crippen molar-refractivity contribution in [1.29, 1.82) is 0 Å². The van der Waals surface area contributed by atoms with E-state index in [1.165, 1.54) is 11.3 Å². The number of carbonyl (C=O) groups excluding carboxylic acids is 1. The molecule has 3 aromatic rings. The molecule has 0 saturated heterocycles. The molecular weight excluding hydrogens is 350 g/mol. The summed E-state index contributed by atoms with van der Waals surface area (Å²) < 4.78 is 5.54. The maximum atomic E-state index is 12.4. The van der Waals surface area contributed by atoms with Crippen LogP contribution in [0.3, 0.4) is 0 Å². The Balaban J connectivity index is 1.42. The third-order valence-corrected chi connectivity index (χ3v) is 4.90. The van der Waals surface area contributed by atoms with Gasteiger partial charge in [-0.1, -0.05) is 35.5 Å². The first kappa shape index (κ1) is 16.5. The van der Waals surface area contributed by atoms with Gasteiger partial charge in [-0.2, -0.15) is 0 Å². The lowest BCUT2D eigenvalue weighted by molar-refractivity contribution is -0.110. The van der Waals surface area contributed by atoms with Crippen LogP contribution in [0.1, 0.15) is 29.6 Å². The van der Waals surface area contributed by atoms with Gasteiger partial charge in [-0.05, 0) is 25.5 Å². The standard InChI is InChI=1S/C19H17N3O3S/c1-11-8-14(12(2)24-11)16-10-26-19(20-16)21-18(23)15-9-17(25-22-15)13-6-4-3-5-7-13/h3-8,10,17H,9H2,1-2H3,(H,20,21,23). The van der Waals surface area contributed by atoms with Crippen molar-refractivity contribution in [2.24, 2.45) is 5.16 Å². The van der Waals surface area contributed by atoms with Gasteiger partial charge < -0.3 is 9.25 Å². The monoisotopic (exact) mass is 367 g/mol. The predicted octanol–water partition coefficient (Wildman–Crippen LogP) is 4.48. The molecule has 0 radical (unpaired) electrons. The van der Waals surface area contributed by atoms with Crippen LogP contribution in [-0.4, -0.2) is 16.6 Å². The highest BCUT2D eigenvalue weighted by Crippen LogP contribution is 2.30. The Morgan fingerprint density at radius 3 is 2.81 bits per heavy atom. The number of carbonyl (C=O) groups is 1. The van der Waals surface area contributed by atoms with Gasteiger partial charge >= 0.3 is 0 Å². The number of nitrogens with zero attached hydrogens (tertiary/aromatic N) is 2. The molecule has 1 atom stereocenters. The van der Waals surface area contributed by atoms with Crippen LogP contribution >= 0.6 is 11.3 Å². The number of nitrogens with one attached hydrogen (secondary N) is 1. The predicted molar refractivity (Wildman–Crippen MR) is 100 cm³/mol. The summed E-state index contributed by atoms with van der Waals surface area (Å²) in [7, 11) is 0. The highest BCUT2D eigenvalue weighted by Gasteiger charge is 2.27. The summed E-state index contributed by atoms with van der Waals surface area (Å²) >= 11 is 1.37. The van der Waals surface area contributed by atoms with E-state index in [0.29, 0.717) is 17.3 Å². The first-order valence-electron chi connectivity index (χ1n) is 8.22. The number of aromatic nitrogens is 1. The molecule has 0 saturated carbocycles. The van der Waals surface area contributed by atoms with Crippen molar-refractivity contribution >= 4 is 28.1 Å². The van der Waals surface area contributed by atoms with Crippen LogP contribution in [-0.2, 0) is 9.63 Å². The minimum absolute atomic E-state index is 0.222. The third kappa shape index (κ3) is 3.25. The van der Waals surface area contributed by atoms with Crippen LogP contribution in [0, 0.1) is 13.8 Å². The number of aryl methyl sites for hydroxylation is 2. The molecule has 1 N–H and O–H groups in total. The molecule has 2 aromatic heterocycles. The molecule has 132 valence electrons. The second kappa shape index (κ2) is 6.76. The number of anilines is 1. The second-order valence-electron chi connectivity index (χ2n) is 6.07. The Morgan fingerprint density at radius 1 is 1.27 bits per heavy atom. The molecule has 6 nitrogen and oxygen atoms in total. The molecule has 0 aliphatic carbocycles. The lowest BCUT2D eigenvalue weighted by Gasteiger charge is -2.07. The molecule has 1 aromatic carbocycles. The van der Waals surface area contributed by atoms with Gasteiger partial charge in [0.25, 0.3) is 5.91 Å². The molecule has 1 amide bonds. The van der Waals surface area contributed by atoms with Crippen molar-refractivity contribution < 1.29 is 14.0 Å². The second-order valence-corrected chi connectivity index (χ2v) is 6.92. The zero-order valence-electron chi connectivity index (χ0n) is 14.4. The largest absolute Gasteiger partial charge is 0.466 e. The van der Waals surface area contributed by atoms with E-state index in [2.05, 4.69) is 15.5 Å². The Hall–Kier alpha value is -2.93. The van der Waals surface area contributed by atoms with Gasteiger partial charge in [0.1, 0.15) is 17.2 Å². The summed E-state index contributed by atoms with van der Waals surface area (Å²) in [6, 6.07) is 11.7. The van der Waals surface area contributed by atoms with Gasteiger partial charge in [-0.15, -0.1) is 11.3 Å². The quantitative estimate of drug-likeness (QED) is 0.738. The average molecular weight is 367 g/mol. The van der Waals surface area contributed by atoms with E-state index in [1.807, 2.05) is 55.6 Å². The molecule has 3 heterocycles. The van der Waals surface area contributed by atoms with Crippen LogP contribution in [0.15, 0.2) is 51.4 Å². The van der Waals surface area contributed by atoms with Crippen LogP contribution < -0.4 is 5.32 Å². The minimum atomic E-state index is -0.288. The molecule has 0 fully saturated rings. The normalized spacial score (nSPS) is 16.2. The Labute approximate surface area is 154 Å². The molecule has 26 heavy (non-hydrogen) atoms. The maximum Gasteiger partial charge on any atom is 0.275 e.